The molecule has 1 saturated carbocycles. The Balaban J connectivity index is 2.01. The number of aliphatic hydroxyl groups excluding tert-OH is 1. The molecule has 5 heteroatoms. The number of aromatic nitrogens is 4. The molecule has 2 atom stereocenters. The third kappa shape index (κ3) is 2.83. The first-order chi connectivity index (χ1) is 7.99. The van der Waals surface area contributed by atoms with Crippen LogP contribution in [0.2, 0.25) is 0 Å². The standard InChI is InChI=1S/C12H22N4O/c1-12(2)7-5-4-6-9(12)10(17)8-11-13-15-16(3)14-11/h9-10,17H,4-8H2,1-3H3. The van der Waals surface area contributed by atoms with Crippen LogP contribution in [0.3, 0.4) is 0 Å². The van der Waals surface area contributed by atoms with Gasteiger partial charge >= 0.3 is 0 Å². The summed E-state index contributed by atoms with van der Waals surface area (Å²) in [5.74, 6) is 0.987. The van der Waals surface area contributed by atoms with Crippen LogP contribution in [0.25, 0.3) is 0 Å². The van der Waals surface area contributed by atoms with Gasteiger partial charge in [0, 0.05) is 6.42 Å². The van der Waals surface area contributed by atoms with Crippen LogP contribution in [0.4, 0.5) is 0 Å². The minimum Gasteiger partial charge on any atom is -0.392 e. The summed E-state index contributed by atoms with van der Waals surface area (Å²) in [4.78, 5) is 1.44. The average Bonchev–Trinajstić information content (AvgIpc) is 2.63. The molecular weight excluding hydrogens is 216 g/mol. The lowest BCUT2D eigenvalue weighted by Gasteiger charge is -2.41. The second-order valence-electron chi connectivity index (χ2n) is 5.81. The van der Waals surface area contributed by atoms with Gasteiger partial charge in [-0.3, -0.25) is 0 Å². The Morgan fingerprint density at radius 2 is 2.24 bits per heavy atom. The maximum absolute atomic E-state index is 10.4. The van der Waals surface area contributed by atoms with Crippen molar-refractivity contribution >= 4 is 0 Å². The summed E-state index contributed by atoms with van der Waals surface area (Å²) in [6, 6.07) is 0. The molecule has 2 unspecified atom stereocenters. The minimum atomic E-state index is -0.352. The van der Waals surface area contributed by atoms with E-state index in [0.29, 0.717) is 18.2 Å². The summed E-state index contributed by atoms with van der Waals surface area (Å²) in [6.07, 6.45) is 4.96. The summed E-state index contributed by atoms with van der Waals surface area (Å²) in [5.41, 5.74) is 0.222. The quantitative estimate of drug-likeness (QED) is 0.863. The Bertz CT molecular complexity index is 374. The van der Waals surface area contributed by atoms with Gasteiger partial charge in [0.05, 0.1) is 13.2 Å². The monoisotopic (exact) mass is 238 g/mol. The molecule has 5 nitrogen and oxygen atoms in total. The van der Waals surface area contributed by atoms with Crippen molar-refractivity contribution in [2.24, 2.45) is 18.4 Å². The van der Waals surface area contributed by atoms with E-state index in [1.807, 2.05) is 0 Å². The molecule has 1 aliphatic carbocycles. The van der Waals surface area contributed by atoms with Gasteiger partial charge in [0.15, 0.2) is 5.82 Å². The number of tetrazole rings is 1. The maximum Gasteiger partial charge on any atom is 0.177 e. The topological polar surface area (TPSA) is 63.8 Å². The predicted octanol–water partition coefficient (Wildman–Crippen LogP) is 1.33. The molecule has 0 saturated heterocycles. The van der Waals surface area contributed by atoms with Crippen molar-refractivity contribution in [3.8, 4) is 0 Å². The van der Waals surface area contributed by atoms with Crippen LogP contribution < -0.4 is 0 Å². The maximum atomic E-state index is 10.4. The van der Waals surface area contributed by atoms with Crippen molar-refractivity contribution in [2.45, 2.75) is 52.1 Å². The summed E-state index contributed by atoms with van der Waals surface area (Å²) in [5, 5.41) is 22.2. The van der Waals surface area contributed by atoms with Gasteiger partial charge in [0.25, 0.3) is 0 Å². The third-order valence-corrected chi connectivity index (χ3v) is 4.00. The van der Waals surface area contributed by atoms with Crippen LogP contribution >= 0.6 is 0 Å². The van der Waals surface area contributed by atoms with Crippen LogP contribution in [0.1, 0.15) is 45.4 Å². The Labute approximate surface area is 102 Å². The Kier molecular flexibility index (Phi) is 3.47. The molecule has 1 heterocycles. The largest absolute Gasteiger partial charge is 0.392 e. The molecule has 1 aliphatic rings. The van der Waals surface area contributed by atoms with Crippen LogP contribution in [0, 0.1) is 11.3 Å². The lowest BCUT2D eigenvalue weighted by atomic mass is 9.66. The Morgan fingerprint density at radius 1 is 1.47 bits per heavy atom. The number of nitrogens with zero attached hydrogens (tertiary/aromatic N) is 4. The molecule has 96 valence electrons. The predicted molar refractivity (Wildman–Crippen MR) is 64.2 cm³/mol. The first-order valence-electron chi connectivity index (χ1n) is 6.40. The number of hydrogen-bond acceptors (Lipinski definition) is 4. The van der Waals surface area contributed by atoms with Crippen molar-refractivity contribution in [3.05, 3.63) is 5.82 Å². The van der Waals surface area contributed by atoms with E-state index in [-0.39, 0.29) is 11.5 Å². The SMILES string of the molecule is Cn1nnc(CC(O)C2CCCCC2(C)C)n1. The summed E-state index contributed by atoms with van der Waals surface area (Å²) < 4.78 is 0. The zero-order valence-corrected chi connectivity index (χ0v) is 10.9. The van der Waals surface area contributed by atoms with Gasteiger partial charge in [-0.25, -0.2) is 0 Å². The van der Waals surface area contributed by atoms with Crippen molar-refractivity contribution in [1.82, 2.24) is 20.2 Å². The molecule has 1 N–H and O–H groups in total. The molecule has 1 aromatic heterocycles. The van der Waals surface area contributed by atoms with E-state index in [4.69, 9.17) is 0 Å². The second-order valence-corrected chi connectivity index (χ2v) is 5.81. The summed E-state index contributed by atoms with van der Waals surface area (Å²) in [7, 11) is 1.74. The van der Waals surface area contributed by atoms with Crippen molar-refractivity contribution < 1.29 is 5.11 Å². The summed E-state index contributed by atoms with van der Waals surface area (Å²) in [6.45, 7) is 4.51. The first kappa shape index (κ1) is 12.5. The zero-order valence-electron chi connectivity index (χ0n) is 10.9. The molecule has 2 rings (SSSR count). The van der Waals surface area contributed by atoms with Gasteiger partial charge in [-0.2, -0.15) is 4.80 Å². The Morgan fingerprint density at radius 3 is 2.82 bits per heavy atom. The fraction of sp³-hybridized carbons (Fsp3) is 0.917. The van der Waals surface area contributed by atoms with Gasteiger partial charge in [-0.1, -0.05) is 26.7 Å². The highest BCUT2D eigenvalue weighted by Gasteiger charge is 2.37. The third-order valence-electron chi connectivity index (χ3n) is 4.00. The van der Waals surface area contributed by atoms with E-state index >= 15 is 0 Å². The van der Waals surface area contributed by atoms with Gasteiger partial charge in [-0.15, -0.1) is 10.2 Å². The second kappa shape index (κ2) is 4.72. The molecule has 0 bridgehead atoms. The lowest BCUT2D eigenvalue weighted by Crippen LogP contribution is -2.38. The lowest BCUT2D eigenvalue weighted by molar-refractivity contribution is 0.00475. The number of rotatable bonds is 3. The van der Waals surface area contributed by atoms with E-state index in [0.717, 1.165) is 6.42 Å². The molecular formula is C12H22N4O. The van der Waals surface area contributed by atoms with Crippen molar-refractivity contribution in [3.63, 3.8) is 0 Å². The van der Waals surface area contributed by atoms with Gasteiger partial charge < -0.3 is 5.11 Å². The molecule has 1 fully saturated rings. The van der Waals surface area contributed by atoms with Crippen LogP contribution in [-0.4, -0.2) is 31.4 Å². The van der Waals surface area contributed by atoms with Gasteiger partial charge in [0.1, 0.15) is 0 Å². The highest BCUT2D eigenvalue weighted by Crippen LogP contribution is 2.42. The van der Waals surface area contributed by atoms with E-state index in [1.165, 1.54) is 24.1 Å². The van der Waals surface area contributed by atoms with Crippen molar-refractivity contribution in [2.75, 3.05) is 0 Å². The normalized spacial score (nSPS) is 25.8. The molecule has 1 aromatic rings. The highest BCUT2D eigenvalue weighted by atomic mass is 16.3. The van der Waals surface area contributed by atoms with E-state index in [2.05, 4.69) is 29.3 Å². The number of hydrogen-bond donors (Lipinski definition) is 1. The van der Waals surface area contributed by atoms with Crippen LogP contribution in [0.5, 0.6) is 0 Å². The molecule has 0 aromatic carbocycles. The van der Waals surface area contributed by atoms with Gasteiger partial charge in [0.2, 0.25) is 0 Å². The van der Waals surface area contributed by atoms with E-state index in [9.17, 15) is 5.11 Å². The van der Waals surface area contributed by atoms with Crippen molar-refractivity contribution in [1.29, 1.82) is 0 Å². The van der Waals surface area contributed by atoms with E-state index < -0.39 is 0 Å². The van der Waals surface area contributed by atoms with E-state index in [1.54, 1.807) is 7.05 Å². The fourth-order valence-corrected chi connectivity index (χ4v) is 2.97. The number of aryl methyl sites for hydroxylation is 1. The number of aliphatic hydroxyl groups is 1. The Hall–Kier alpha value is -0.970. The molecule has 0 aliphatic heterocycles. The van der Waals surface area contributed by atoms with Crippen LogP contribution in [0.15, 0.2) is 0 Å². The smallest absolute Gasteiger partial charge is 0.177 e. The minimum absolute atomic E-state index is 0.222. The average molecular weight is 238 g/mol. The molecule has 0 amide bonds. The zero-order chi connectivity index (χ0) is 12.5. The first-order valence-corrected chi connectivity index (χ1v) is 6.40. The van der Waals surface area contributed by atoms with Crippen LogP contribution in [-0.2, 0) is 13.5 Å². The molecule has 0 spiro atoms. The summed E-state index contributed by atoms with van der Waals surface area (Å²) >= 11 is 0. The fourth-order valence-electron chi connectivity index (χ4n) is 2.97. The van der Waals surface area contributed by atoms with Gasteiger partial charge in [-0.05, 0) is 29.4 Å². The molecule has 17 heavy (non-hydrogen) atoms. The molecule has 0 radical (unpaired) electrons. The highest BCUT2D eigenvalue weighted by molar-refractivity contribution is 4.91.